The van der Waals surface area contributed by atoms with Gasteiger partial charge in [0.2, 0.25) is 0 Å². The van der Waals surface area contributed by atoms with Crippen molar-refractivity contribution in [1.82, 2.24) is 19.5 Å². The fourth-order valence-corrected chi connectivity index (χ4v) is 3.83. The van der Waals surface area contributed by atoms with Gasteiger partial charge in [0.15, 0.2) is 11.5 Å². The van der Waals surface area contributed by atoms with Crippen LogP contribution in [-0.2, 0) is 11.2 Å². The van der Waals surface area contributed by atoms with E-state index in [9.17, 15) is 4.79 Å². The summed E-state index contributed by atoms with van der Waals surface area (Å²) >= 11 is 0. The Morgan fingerprint density at radius 2 is 2.10 bits per heavy atom. The monoisotopic (exact) mass is 397 g/mol. The van der Waals surface area contributed by atoms with Crippen molar-refractivity contribution in [1.29, 1.82) is 0 Å². The van der Waals surface area contributed by atoms with Crippen molar-refractivity contribution in [3.05, 3.63) is 36.2 Å². The number of aromatic nitrogens is 3. The zero-order valence-corrected chi connectivity index (χ0v) is 17.6. The maximum atomic E-state index is 12.5. The molecule has 1 amide bonds. The highest BCUT2D eigenvalue weighted by atomic mass is 16.6. The van der Waals surface area contributed by atoms with Crippen LogP contribution in [0.15, 0.2) is 30.4 Å². The zero-order valence-electron chi connectivity index (χ0n) is 17.6. The molecule has 1 saturated heterocycles. The molecule has 156 valence electrons. The van der Waals surface area contributed by atoms with Gasteiger partial charge >= 0.3 is 6.09 Å². The second kappa shape index (κ2) is 7.69. The molecule has 1 saturated carbocycles. The Hall–Kier alpha value is -2.57. The fourth-order valence-electron chi connectivity index (χ4n) is 3.83. The van der Waals surface area contributed by atoms with Crippen molar-refractivity contribution in [3.8, 4) is 0 Å². The van der Waals surface area contributed by atoms with E-state index in [0.29, 0.717) is 12.5 Å². The number of amides is 1. The molecule has 1 N–H and O–H groups in total. The van der Waals surface area contributed by atoms with Crippen LogP contribution in [0.4, 0.5) is 10.6 Å². The minimum absolute atomic E-state index is 0.109. The van der Waals surface area contributed by atoms with Crippen LogP contribution in [-0.4, -0.2) is 50.3 Å². The van der Waals surface area contributed by atoms with E-state index in [2.05, 4.69) is 22.0 Å². The molecule has 7 nitrogen and oxygen atoms in total. The molecule has 2 aromatic rings. The van der Waals surface area contributed by atoms with Crippen molar-refractivity contribution in [2.75, 3.05) is 18.4 Å². The highest BCUT2D eigenvalue weighted by molar-refractivity contribution is 5.69. The summed E-state index contributed by atoms with van der Waals surface area (Å²) in [6.07, 6.45) is 4.95. The van der Waals surface area contributed by atoms with Gasteiger partial charge in [0.25, 0.3) is 0 Å². The van der Waals surface area contributed by atoms with E-state index in [1.807, 2.05) is 48.4 Å². The van der Waals surface area contributed by atoms with Gasteiger partial charge < -0.3 is 15.0 Å². The molecule has 3 heterocycles. The molecule has 2 fully saturated rings. The summed E-state index contributed by atoms with van der Waals surface area (Å²) in [5, 5.41) is 8.16. The van der Waals surface area contributed by atoms with E-state index >= 15 is 0 Å². The van der Waals surface area contributed by atoms with E-state index < -0.39 is 5.60 Å². The summed E-state index contributed by atoms with van der Waals surface area (Å²) in [6.45, 7) is 11.3. The van der Waals surface area contributed by atoms with Crippen LogP contribution in [0, 0.1) is 5.92 Å². The third-order valence-electron chi connectivity index (χ3n) is 5.47. The number of rotatable bonds is 6. The van der Waals surface area contributed by atoms with Gasteiger partial charge in [-0.3, -0.25) is 0 Å². The number of pyridine rings is 1. The second-order valence-corrected chi connectivity index (χ2v) is 9.17. The lowest BCUT2D eigenvalue weighted by molar-refractivity contribution is 0.0235. The fraction of sp³-hybridized carbons (Fsp3) is 0.591. The number of hydrogen-bond donors (Lipinski definition) is 1. The summed E-state index contributed by atoms with van der Waals surface area (Å²) in [5.41, 5.74) is 1.57. The Morgan fingerprint density at radius 1 is 1.31 bits per heavy atom. The summed E-state index contributed by atoms with van der Waals surface area (Å²) in [6, 6.07) is 6.04. The number of hydrogen-bond acceptors (Lipinski definition) is 5. The standard InChI is InChI=1S/C22H31N5O2/c1-15(16-10-11-16)13-18-24-20-9-5-8-19(27(20)25-18)23-14-17-7-6-12-26(17)21(28)29-22(2,3)4/h5,8-9,16-17,23H,1,6-7,10-14H2,2-4H3. The lowest BCUT2D eigenvalue weighted by Crippen LogP contribution is -2.42. The SMILES string of the molecule is C=C(Cc1nc2cccc(NCC3CCCN3C(=O)OC(C)(C)C)n2n1)C1CC1. The Kier molecular flexibility index (Phi) is 5.23. The maximum Gasteiger partial charge on any atom is 0.410 e. The van der Waals surface area contributed by atoms with Crippen molar-refractivity contribution in [2.24, 2.45) is 5.92 Å². The van der Waals surface area contributed by atoms with Crippen molar-refractivity contribution in [2.45, 2.75) is 64.5 Å². The quantitative estimate of drug-likeness (QED) is 0.745. The van der Waals surface area contributed by atoms with Gasteiger partial charge in [-0.25, -0.2) is 9.78 Å². The highest BCUT2D eigenvalue weighted by Gasteiger charge is 2.32. The molecule has 29 heavy (non-hydrogen) atoms. The number of allylic oxidation sites excluding steroid dienone is 1. The Bertz CT molecular complexity index is 910. The highest BCUT2D eigenvalue weighted by Crippen LogP contribution is 2.36. The van der Waals surface area contributed by atoms with E-state index in [0.717, 1.165) is 43.1 Å². The van der Waals surface area contributed by atoms with Gasteiger partial charge in [0, 0.05) is 19.5 Å². The molecule has 0 bridgehead atoms. The van der Waals surface area contributed by atoms with Crippen molar-refractivity contribution >= 4 is 17.6 Å². The first kappa shape index (κ1) is 19.7. The van der Waals surface area contributed by atoms with E-state index in [4.69, 9.17) is 4.74 Å². The van der Waals surface area contributed by atoms with Crippen molar-refractivity contribution < 1.29 is 9.53 Å². The minimum atomic E-state index is -0.481. The van der Waals surface area contributed by atoms with Gasteiger partial charge in [-0.1, -0.05) is 18.2 Å². The smallest absolute Gasteiger partial charge is 0.410 e. The topological polar surface area (TPSA) is 71.8 Å². The van der Waals surface area contributed by atoms with E-state index in [-0.39, 0.29) is 12.1 Å². The molecule has 1 aliphatic carbocycles. The van der Waals surface area contributed by atoms with Crippen LogP contribution in [0.2, 0.25) is 0 Å². The number of likely N-dealkylation sites (tertiary alicyclic amines) is 1. The largest absolute Gasteiger partial charge is 0.444 e. The number of carbonyl (C=O) groups is 1. The number of anilines is 1. The van der Waals surface area contributed by atoms with Crippen LogP contribution in [0.5, 0.6) is 0 Å². The first-order chi connectivity index (χ1) is 13.8. The third kappa shape index (κ3) is 4.71. The van der Waals surface area contributed by atoms with Gasteiger partial charge in [0.1, 0.15) is 11.4 Å². The molecule has 2 aliphatic rings. The van der Waals surface area contributed by atoms with Gasteiger partial charge in [-0.15, -0.1) is 5.10 Å². The van der Waals surface area contributed by atoms with Crippen LogP contribution in [0.3, 0.4) is 0 Å². The zero-order chi connectivity index (χ0) is 20.6. The Labute approximate surface area is 172 Å². The molecule has 0 radical (unpaired) electrons. The molecular weight excluding hydrogens is 366 g/mol. The summed E-state index contributed by atoms with van der Waals surface area (Å²) < 4.78 is 7.41. The average molecular weight is 398 g/mol. The van der Waals surface area contributed by atoms with Crippen molar-refractivity contribution in [3.63, 3.8) is 0 Å². The molecule has 1 aliphatic heterocycles. The third-order valence-corrected chi connectivity index (χ3v) is 5.47. The molecule has 0 spiro atoms. The first-order valence-corrected chi connectivity index (χ1v) is 10.6. The molecule has 1 atom stereocenters. The molecule has 7 heteroatoms. The van der Waals surface area contributed by atoms with Crippen LogP contribution in [0.25, 0.3) is 5.65 Å². The minimum Gasteiger partial charge on any atom is -0.444 e. The summed E-state index contributed by atoms with van der Waals surface area (Å²) in [7, 11) is 0. The van der Waals surface area contributed by atoms with Gasteiger partial charge in [-0.2, -0.15) is 4.52 Å². The number of nitrogens with one attached hydrogen (secondary N) is 1. The van der Waals surface area contributed by atoms with Crippen LogP contribution < -0.4 is 5.32 Å². The predicted molar refractivity (Wildman–Crippen MR) is 113 cm³/mol. The maximum absolute atomic E-state index is 12.5. The Balaban J connectivity index is 1.43. The molecule has 4 rings (SSSR count). The Morgan fingerprint density at radius 3 is 2.83 bits per heavy atom. The molecule has 2 aromatic heterocycles. The molecule has 0 aromatic carbocycles. The first-order valence-electron chi connectivity index (χ1n) is 10.6. The van der Waals surface area contributed by atoms with Crippen LogP contribution in [0.1, 0.15) is 52.3 Å². The predicted octanol–water partition coefficient (Wildman–Crippen LogP) is 4.05. The average Bonchev–Trinajstić information content (AvgIpc) is 3.24. The normalized spacial score (nSPS) is 19.6. The molecule has 1 unspecified atom stereocenters. The number of carbonyl (C=O) groups excluding carboxylic acids is 1. The molecular formula is C22H31N5O2. The lowest BCUT2D eigenvalue weighted by Gasteiger charge is -2.28. The lowest BCUT2D eigenvalue weighted by atomic mass is 10.1. The summed E-state index contributed by atoms with van der Waals surface area (Å²) in [4.78, 5) is 19.0. The van der Waals surface area contributed by atoms with Gasteiger partial charge in [-0.05, 0) is 64.5 Å². The number of ether oxygens (including phenoxy) is 1. The number of fused-ring (bicyclic) bond motifs is 1. The van der Waals surface area contributed by atoms with E-state index in [1.54, 1.807) is 0 Å². The summed E-state index contributed by atoms with van der Waals surface area (Å²) in [5.74, 6) is 2.35. The second-order valence-electron chi connectivity index (χ2n) is 9.17. The van der Waals surface area contributed by atoms with Crippen LogP contribution >= 0.6 is 0 Å². The number of nitrogens with zero attached hydrogens (tertiary/aromatic N) is 4. The van der Waals surface area contributed by atoms with Gasteiger partial charge in [0.05, 0.1) is 6.04 Å². The van der Waals surface area contributed by atoms with E-state index in [1.165, 1.54) is 18.4 Å².